The van der Waals surface area contributed by atoms with Crippen molar-refractivity contribution in [2.45, 2.75) is 77.0 Å². The zero-order chi connectivity index (χ0) is 12.8. The highest BCUT2D eigenvalue weighted by molar-refractivity contribution is 4.82. The lowest BCUT2D eigenvalue weighted by molar-refractivity contribution is -0.0117. The van der Waals surface area contributed by atoms with Gasteiger partial charge in [0, 0.05) is 6.04 Å². The molecule has 0 bridgehead atoms. The van der Waals surface area contributed by atoms with Gasteiger partial charge in [-0.2, -0.15) is 0 Å². The standard InChI is InChI=1S/C14H29NO2/c1-10(2)8-13(16)14(17)12(15)9-11-6-4-3-5-7-11/h10-14,16-17H,3-9,15H2,1-2H3/t12?,13-,14-/m1/s1. The molecule has 1 aliphatic rings. The summed E-state index contributed by atoms with van der Waals surface area (Å²) >= 11 is 0. The van der Waals surface area contributed by atoms with Crippen molar-refractivity contribution in [3.05, 3.63) is 0 Å². The fourth-order valence-electron chi connectivity index (χ4n) is 2.85. The zero-order valence-corrected chi connectivity index (χ0v) is 11.3. The SMILES string of the molecule is CC(C)C[C@@H](O)[C@H](O)C(N)CC1CCCCC1. The topological polar surface area (TPSA) is 66.5 Å². The Bertz CT molecular complexity index is 202. The molecule has 1 fully saturated rings. The maximum atomic E-state index is 9.99. The summed E-state index contributed by atoms with van der Waals surface area (Å²) in [5, 5.41) is 19.8. The van der Waals surface area contributed by atoms with Gasteiger partial charge in [-0.25, -0.2) is 0 Å². The molecule has 1 saturated carbocycles. The number of nitrogens with two attached hydrogens (primary N) is 1. The molecule has 3 heteroatoms. The maximum Gasteiger partial charge on any atom is 0.0949 e. The molecule has 0 aromatic rings. The summed E-state index contributed by atoms with van der Waals surface area (Å²) in [6.07, 6.45) is 6.44. The quantitative estimate of drug-likeness (QED) is 0.669. The van der Waals surface area contributed by atoms with Crippen LogP contribution in [0.15, 0.2) is 0 Å². The summed E-state index contributed by atoms with van der Waals surface area (Å²) < 4.78 is 0. The van der Waals surface area contributed by atoms with Crippen LogP contribution in [0.5, 0.6) is 0 Å². The molecule has 0 spiro atoms. The minimum absolute atomic E-state index is 0.271. The molecule has 1 aliphatic carbocycles. The molecule has 0 aromatic carbocycles. The van der Waals surface area contributed by atoms with Crippen LogP contribution in [-0.4, -0.2) is 28.5 Å². The smallest absolute Gasteiger partial charge is 0.0949 e. The highest BCUT2D eigenvalue weighted by Gasteiger charge is 2.26. The number of hydrogen-bond donors (Lipinski definition) is 3. The van der Waals surface area contributed by atoms with Gasteiger partial charge in [0.2, 0.25) is 0 Å². The summed E-state index contributed by atoms with van der Waals surface area (Å²) in [7, 11) is 0. The Labute approximate surface area is 105 Å². The lowest BCUT2D eigenvalue weighted by Gasteiger charge is -2.29. The van der Waals surface area contributed by atoms with Crippen LogP contribution in [0.1, 0.15) is 58.8 Å². The first-order valence-corrected chi connectivity index (χ1v) is 7.12. The van der Waals surface area contributed by atoms with Crippen LogP contribution in [0, 0.1) is 11.8 Å². The van der Waals surface area contributed by atoms with Gasteiger partial charge >= 0.3 is 0 Å². The first-order valence-electron chi connectivity index (χ1n) is 7.12. The van der Waals surface area contributed by atoms with Crippen molar-refractivity contribution < 1.29 is 10.2 Å². The highest BCUT2D eigenvalue weighted by atomic mass is 16.3. The summed E-state index contributed by atoms with van der Waals surface area (Å²) in [6, 6.07) is -0.271. The van der Waals surface area contributed by atoms with Gasteiger partial charge < -0.3 is 15.9 Å². The van der Waals surface area contributed by atoms with Crippen LogP contribution >= 0.6 is 0 Å². The van der Waals surface area contributed by atoms with Crippen LogP contribution in [-0.2, 0) is 0 Å². The van der Waals surface area contributed by atoms with Crippen LogP contribution in [0.3, 0.4) is 0 Å². The van der Waals surface area contributed by atoms with Crippen LogP contribution in [0.25, 0.3) is 0 Å². The third-order valence-corrected chi connectivity index (χ3v) is 3.88. The van der Waals surface area contributed by atoms with Crippen molar-refractivity contribution >= 4 is 0 Å². The van der Waals surface area contributed by atoms with Gasteiger partial charge in [-0.05, 0) is 24.7 Å². The lowest BCUT2D eigenvalue weighted by atomic mass is 9.83. The summed E-state index contributed by atoms with van der Waals surface area (Å²) in [5.74, 6) is 1.04. The van der Waals surface area contributed by atoms with Gasteiger partial charge in [-0.3, -0.25) is 0 Å². The largest absolute Gasteiger partial charge is 0.390 e. The van der Waals surface area contributed by atoms with E-state index in [1.165, 1.54) is 32.1 Å². The molecule has 4 N–H and O–H groups in total. The molecule has 3 nitrogen and oxygen atoms in total. The third-order valence-electron chi connectivity index (χ3n) is 3.88. The second kappa shape index (κ2) is 7.34. The van der Waals surface area contributed by atoms with Gasteiger partial charge in [0.15, 0.2) is 0 Å². The van der Waals surface area contributed by atoms with Gasteiger partial charge in [0.25, 0.3) is 0 Å². The molecule has 17 heavy (non-hydrogen) atoms. The molecule has 3 atom stereocenters. The predicted molar refractivity (Wildman–Crippen MR) is 70.6 cm³/mol. The van der Waals surface area contributed by atoms with Crippen LogP contribution in [0.2, 0.25) is 0 Å². The van der Waals surface area contributed by atoms with Crippen molar-refractivity contribution in [3.63, 3.8) is 0 Å². The Balaban J connectivity index is 2.31. The molecule has 0 amide bonds. The van der Waals surface area contributed by atoms with Crippen molar-refractivity contribution in [2.75, 3.05) is 0 Å². The minimum Gasteiger partial charge on any atom is -0.390 e. The average Bonchev–Trinajstić information content (AvgIpc) is 2.28. The van der Waals surface area contributed by atoms with Crippen molar-refractivity contribution in [2.24, 2.45) is 17.6 Å². The summed E-state index contributed by atoms with van der Waals surface area (Å²) in [4.78, 5) is 0. The molecule has 102 valence electrons. The average molecular weight is 243 g/mol. The summed E-state index contributed by atoms with van der Waals surface area (Å²) in [6.45, 7) is 4.09. The normalized spacial score (nSPS) is 23.6. The molecule has 0 aromatic heterocycles. The van der Waals surface area contributed by atoms with E-state index in [0.717, 1.165) is 6.42 Å². The number of hydrogen-bond acceptors (Lipinski definition) is 3. The van der Waals surface area contributed by atoms with E-state index >= 15 is 0 Å². The molecule has 0 aliphatic heterocycles. The first-order chi connectivity index (χ1) is 8.00. The van der Waals surface area contributed by atoms with E-state index in [1.54, 1.807) is 0 Å². The van der Waals surface area contributed by atoms with Gasteiger partial charge in [0.1, 0.15) is 0 Å². The van der Waals surface area contributed by atoms with E-state index in [4.69, 9.17) is 5.73 Å². The molecular weight excluding hydrogens is 214 g/mol. The third kappa shape index (κ3) is 5.36. The second-order valence-electron chi connectivity index (χ2n) is 6.09. The fourth-order valence-corrected chi connectivity index (χ4v) is 2.85. The van der Waals surface area contributed by atoms with Gasteiger partial charge in [0.05, 0.1) is 12.2 Å². The molecule has 0 radical (unpaired) electrons. The number of rotatable bonds is 6. The Morgan fingerprint density at radius 2 is 1.71 bits per heavy atom. The van der Waals surface area contributed by atoms with E-state index in [2.05, 4.69) is 0 Å². The number of aliphatic hydroxyl groups is 2. The maximum absolute atomic E-state index is 9.99. The Morgan fingerprint density at radius 1 is 1.12 bits per heavy atom. The predicted octanol–water partition coefficient (Wildman–Crippen LogP) is 2.05. The number of aliphatic hydroxyl groups excluding tert-OH is 2. The zero-order valence-electron chi connectivity index (χ0n) is 11.3. The summed E-state index contributed by atoms with van der Waals surface area (Å²) in [5.41, 5.74) is 6.01. The minimum atomic E-state index is -0.765. The van der Waals surface area contributed by atoms with E-state index < -0.39 is 12.2 Å². The van der Waals surface area contributed by atoms with Crippen LogP contribution in [0.4, 0.5) is 0 Å². The monoisotopic (exact) mass is 243 g/mol. The molecule has 1 unspecified atom stereocenters. The Hall–Kier alpha value is -0.120. The van der Waals surface area contributed by atoms with Crippen LogP contribution < -0.4 is 5.73 Å². The molecular formula is C14H29NO2. The van der Waals surface area contributed by atoms with Crippen molar-refractivity contribution in [3.8, 4) is 0 Å². The second-order valence-corrected chi connectivity index (χ2v) is 6.09. The molecule has 0 saturated heterocycles. The van der Waals surface area contributed by atoms with E-state index in [0.29, 0.717) is 18.3 Å². The van der Waals surface area contributed by atoms with Crippen molar-refractivity contribution in [1.29, 1.82) is 0 Å². The fraction of sp³-hybridized carbons (Fsp3) is 1.00. The van der Waals surface area contributed by atoms with E-state index in [1.807, 2.05) is 13.8 Å². The molecule has 1 rings (SSSR count). The van der Waals surface area contributed by atoms with E-state index in [-0.39, 0.29) is 6.04 Å². The highest BCUT2D eigenvalue weighted by Crippen LogP contribution is 2.28. The van der Waals surface area contributed by atoms with E-state index in [9.17, 15) is 10.2 Å². The Morgan fingerprint density at radius 3 is 2.24 bits per heavy atom. The van der Waals surface area contributed by atoms with Gasteiger partial charge in [-0.1, -0.05) is 46.0 Å². The molecule has 0 heterocycles. The first kappa shape index (κ1) is 14.9. The van der Waals surface area contributed by atoms with Gasteiger partial charge in [-0.15, -0.1) is 0 Å². The lowest BCUT2D eigenvalue weighted by Crippen LogP contribution is -2.44. The Kier molecular flexibility index (Phi) is 6.45. The van der Waals surface area contributed by atoms with Crippen molar-refractivity contribution in [1.82, 2.24) is 0 Å².